The molecule has 0 saturated heterocycles. The van der Waals surface area contributed by atoms with E-state index < -0.39 is 0 Å². The number of carbonyl (C=O) groups is 1. The number of halogens is 1. The van der Waals surface area contributed by atoms with Gasteiger partial charge < -0.3 is 14.4 Å². The van der Waals surface area contributed by atoms with Crippen molar-refractivity contribution in [3.8, 4) is 0 Å². The Kier molecular flexibility index (Phi) is 4.90. The summed E-state index contributed by atoms with van der Waals surface area (Å²) in [7, 11) is 7.63. The summed E-state index contributed by atoms with van der Waals surface area (Å²) in [4.78, 5) is 16.1. The Bertz CT molecular complexity index is 594. The van der Waals surface area contributed by atoms with E-state index in [1.807, 2.05) is 9.71 Å². The van der Waals surface area contributed by atoms with Crippen molar-refractivity contribution in [2.45, 2.75) is 25.7 Å². The van der Waals surface area contributed by atoms with E-state index in [1.54, 1.807) is 7.11 Å². The third-order valence-electron chi connectivity index (χ3n) is 4.53. The van der Waals surface area contributed by atoms with E-state index in [2.05, 4.69) is 22.0 Å². The molecule has 0 aromatic heterocycles. The van der Waals surface area contributed by atoms with Gasteiger partial charge in [-0.25, -0.2) is 0 Å². The fourth-order valence-electron chi connectivity index (χ4n) is 3.32. The van der Waals surface area contributed by atoms with Crippen molar-refractivity contribution in [2.24, 2.45) is 0 Å². The first-order chi connectivity index (χ1) is 10.6. The van der Waals surface area contributed by atoms with E-state index in [-0.39, 0.29) is 5.91 Å². The molecule has 0 spiro atoms. The van der Waals surface area contributed by atoms with Gasteiger partial charge >= 0.3 is 0 Å². The molecule has 116 valence electrons. The van der Waals surface area contributed by atoms with Gasteiger partial charge in [0.25, 0.3) is 0 Å². The number of carbonyl (C=O) groups excluding carboxylic acids is 1. The van der Waals surface area contributed by atoms with Crippen molar-refractivity contribution in [3.05, 3.63) is 27.2 Å². The van der Waals surface area contributed by atoms with Gasteiger partial charge in [-0.15, -0.1) is 0 Å². The average Bonchev–Trinajstić information content (AvgIpc) is 2.69. The standard InChI is InChI=1S/C16H20BBrN2O2/c1-22-9-8-20-14(21)3-2-12-10-11-4-6-19(17)7-5-13(11)15(18)16(12)20/h10H,2-9H2,1H3. The van der Waals surface area contributed by atoms with Crippen LogP contribution >= 0.6 is 15.9 Å². The highest BCUT2D eigenvalue weighted by atomic mass is 79.9. The lowest BCUT2D eigenvalue weighted by molar-refractivity contribution is -0.119. The van der Waals surface area contributed by atoms with Gasteiger partial charge in [0.05, 0.1) is 12.3 Å². The van der Waals surface area contributed by atoms with E-state index >= 15 is 0 Å². The molecule has 2 heterocycles. The molecule has 1 aromatic rings. The molecule has 1 aromatic carbocycles. The number of rotatable bonds is 3. The first kappa shape index (κ1) is 16.0. The van der Waals surface area contributed by atoms with Gasteiger partial charge in [-0.2, -0.15) is 0 Å². The maximum absolute atomic E-state index is 12.3. The molecule has 0 atom stereocenters. The molecule has 0 N–H and O–H groups in total. The van der Waals surface area contributed by atoms with E-state index in [0.717, 1.165) is 42.5 Å². The number of methoxy groups -OCH3 is 1. The van der Waals surface area contributed by atoms with Gasteiger partial charge in [-0.1, -0.05) is 6.07 Å². The van der Waals surface area contributed by atoms with Crippen LogP contribution in [0.4, 0.5) is 5.69 Å². The monoisotopic (exact) mass is 362 g/mol. The molecule has 0 saturated carbocycles. The summed E-state index contributed by atoms with van der Waals surface area (Å²) in [5.74, 6) is 0.180. The van der Waals surface area contributed by atoms with Crippen molar-refractivity contribution in [1.82, 2.24) is 4.81 Å². The van der Waals surface area contributed by atoms with Gasteiger partial charge in [0.2, 0.25) is 5.91 Å². The Morgan fingerprint density at radius 1 is 1.23 bits per heavy atom. The Morgan fingerprint density at radius 2 is 2.00 bits per heavy atom. The zero-order valence-corrected chi connectivity index (χ0v) is 14.5. The van der Waals surface area contributed by atoms with Crippen molar-refractivity contribution < 1.29 is 9.53 Å². The average molecular weight is 363 g/mol. The van der Waals surface area contributed by atoms with Gasteiger partial charge in [0.1, 0.15) is 0 Å². The number of aryl methyl sites for hydroxylation is 1. The number of amides is 1. The van der Waals surface area contributed by atoms with Gasteiger partial charge in [0.15, 0.2) is 7.98 Å². The molecule has 6 heteroatoms. The smallest absolute Gasteiger partial charge is 0.227 e. The van der Waals surface area contributed by atoms with Crippen LogP contribution in [-0.2, 0) is 28.8 Å². The normalized spacial score (nSPS) is 18.8. The summed E-state index contributed by atoms with van der Waals surface area (Å²) in [5.41, 5.74) is 4.95. The first-order valence-corrected chi connectivity index (χ1v) is 8.53. The highest BCUT2D eigenvalue weighted by molar-refractivity contribution is 9.10. The topological polar surface area (TPSA) is 32.8 Å². The summed E-state index contributed by atoms with van der Waals surface area (Å²) in [6.45, 7) is 2.87. The summed E-state index contributed by atoms with van der Waals surface area (Å²) in [6.07, 6.45) is 3.26. The van der Waals surface area contributed by atoms with Gasteiger partial charge in [-0.05, 0) is 65.0 Å². The van der Waals surface area contributed by atoms with E-state index in [9.17, 15) is 4.79 Å². The molecule has 22 heavy (non-hydrogen) atoms. The van der Waals surface area contributed by atoms with Crippen LogP contribution in [0.2, 0.25) is 0 Å². The summed E-state index contributed by atoms with van der Waals surface area (Å²) >= 11 is 3.77. The lowest BCUT2D eigenvalue weighted by Crippen LogP contribution is -2.38. The van der Waals surface area contributed by atoms with E-state index in [0.29, 0.717) is 19.6 Å². The Hall–Kier alpha value is -0.845. The number of benzene rings is 1. The van der Waals surface area contributed by atoms with Crippen LogP contribution in [0.5, 0.6) is 0 Å². The fraction of sp³-hybridized carbons (Fsp3) is 0.562. The molecule has 2 aliphatic heterocycles. The largest absolute Gasteiger partial charge is 0.383 e. The van der Waals surface area contributed by atoms with Gasteiger partial charge in [-0.3, -0.25) is 4.79 Å². The predicted molar refractivity (Wildman–Crippen MR) is 91.4 cm³/mol. The lowest BCUT2D eigenvalue weighted by Gasteiger charge is -2.32. The van der Waals surface area contributed by atoms with E-state index in [1.165, 1.54) is 16.7 Å². The number of fused-ring (bicyclic) bond motifs is 2. The second-order valence-electron chi connectivity index (χ2n) is 5.91. The van der Waals surface area contributed by atoms with Crippen LogP contribution in [0, 0.1) is 0 Å². The van der Waals surface area contributed by atoms with Crippen LogP contribution in [0.15, 0.2) is 10.5 Å². The number of ether oxygens (including phenoxy) is 1. The first-order valence-electron chi connectivity index (χ1n) is 7.74. The van der Waals surface area contributed by atoms with Crippen molar-refractivity contribution in [1.29, 1.82) is 0 Å². The molecule has 2 aliphatic rings. The third-order valence-corrected chi connectivity index (χ3v) is 5.38. The second kappa shape index (κ2) is 6.73. The summed E-state index contributed by atoms with van der Waals surface area (Å²) < 4.78 is 6.23. The summed E-state index contributed by atoms with van der Waals surface area (Å²) in [5, 5.41) is 0. The molecule has 2 radical (unpaired) electrons. The van der Waals surface area contributed by atoms with Crippen molar-refractivity contribution in [2.75, 3.05) is 38.3 Å². The molecule has 0 aliphatic carbocycles. The summed E-state index contributed by atoms with van der Waals surface area (Å²) in [6, 6.07) is 2.28. The third kappa shape index (κ3) is 2.96. The minimum Gasteiger partial charge on any atom is -0.383 e. The molecule has 0 bridgehead atoms. The number of hydrogen-bond donors (Lipinski definition) is 0. The predicted octanol–water partition coefficient (Wildman–Crippen LogP) is 1.86. The Labute approximate surface area is 141 Å². The minimum atomic E-state index is 0.180. The van der Waals surface area contributed by atoms with Crippen LogP contribution in [0.25, 0.3) is 0 Å². The maximum Gasteiger partial charge on any atom is 0.227 e. The Morgan fingerprint density at radius 3 is 2.77 bits per heavy atom. The fourth-order valence-corrected chi connectivity index (χ4v) is 4.24. The Balaban J connectivity index is 2.03. The molecular formula is C16H20BBrN2O2. The van der Waals surface area contributed by atoms with Gasteiger partial charge in [0, 0.05) is 24.5 Å². The molecule has 0 unspecified atom stereocenters. The van der Waals surface area contributed by atoms with Crippen LogP contribution in [-0.4, -0.2) is 52.1 Å². The number of hydrogen-bond acceptors (Lipinski definition) is 3. The zero-order valence-electron chi connectivity index (χ0n) is 12.9. The number of anilines is 1. The second-order valence-corrected chi connectivity index (χ2v) is 6.70. The van der Waals surface area contributed by atoms with E-state index in [4.69, 9.17) is 12.7 Å². The SMILES string of the molecule is [B]N1CCc2cc3c(c(Br)c2CC1)N(CCOC)C(=O)CC3. The number of nitrogens with zero attached hydrogens (tertiary/aromatic N) is 2. The molecule has 4 nitrogen and oxygen atoms in total. The molecule has 1 amide bonds. The quantitative estimate of drug-likeness (QED) is 0.769. The van der Waals surface area contributed by atoms with Crippen LogP contribution < -0.4 is 4.90 Å². The van der Waals surface area contributed by atoms with Crippen LogP contribution in [0.3, 0.4) is 0 Å². The minimum absolute atomic E-state index is 0.180. The highest BCUT2D eigenvalue weighted by Gasteiger charge is 2.29. The van der Waals surface area contributed by atoms with Crippen molar-refractivity contribution >= 4 is 35.5 Å². The van der Waals surface area contributed by atoms with Crippen LogP contribution in [0.1, 0.15) is 23.1 Å². The highest BCUT2D eigenvalue weighted by Crippen LogP contribution is 2.40. The lowest BCUT2D eigenvalue weighted by atomic mass is 9.93. The molecular weight excluding hydrogens is 343 g/mol. The molecule has 3 rings (SSSR count). The van der Waals surface area contributed by atoms with Crippen molar-refractivity contribution in [3.63, 3.8) is 0 Å². The maximum atomic E-state index is 12.3. The zero-order chi connectivity index (χ0) is 15.7. The molecule has 0 fully saturated rings.